The van der Waals surface area contributed by atoms with E-state index >= 15 is 0 Å². The molecule has 0 aliphatic heterocycles. The minimum Gasteiger partial charge on any atom is -0.357 e. The molecule has 26 heavy (non-hydrogen) atoms. The van der Waals surface area contributed by atoms with Crippen LogP contribution in [0.25, 0.3) is 0 Å². The lowest BCUT2D eigenvalue weighted by Gasteiger charge is -2.14. The van der Waals surface area contributed by atoms with Crippen LogP contribution in [0, 0.1) is 11.6 Å². The molecule has 0 aliphatic rings. The molecule has 142 valence electrons. The van der Waals surface area contributed by atoms with Crippen LogP contribution in [0.1, 0.15) is 31.0 Å². The summed E-state index contributed by atoms with van der Waals surface area (Å²) in [7, 11) is 0. The Morgan fingerprint density at radius 1 is 1.15 bits per heavy atom. The molecule has 1 unspecified atom stereocenters. The molecule has 7 heteroatoms. The molecule has 0 amide bonds. The van der Waals surface area contributed by atoms with Gasteiger partial charge < -0.3 is 10.6 Å². The van der Waals surface area contributed by atoms with Gasteiger partial charge in [0.15, 0.2) is 17.6 Å². The Labute approximate surface area is 170 Å². The van der Waals surface area contributed by atoms with E-state index in [1.54, 1.807) is 12.3 Å². The van der Waals surface area contributed by atoms with Crippen molar-refractivity contribution in [3.05, 3.63) is 65.5 Å². The molecule has 1 aromatic carbocycles. The fraction of sp³-hybridized carbons (Fsp3) is 0.368. The van der Waals surface area contributed by atoms with Crippen LogP contribution in [-0.4, -0.2) is 30.6 Å². The van der Waals surface area contributed by atoms with Gasteiger partial charge in [0, 0.05) is 43.9 Å². The van der Waals surface area contributed by atoms with Gasteiger partial charge in [-0.25, -0.2) is 8.78 Å². The van der Waals surface area contributed by atoms with Gasteiger partial charge in [-0.1, -0.05) is 19.1 Å². The van der Waals surface area contributed by atoms with Crippen molar-refractivity contribution in [3.8, 4) is 0 Å². The minimum atomic E-state index is -0.830. The van der Waals surface area contributed by atoms with Gasteiger partial charge in [0.25, 0.3) is 0 Å². The zero-order valence-corrected chi connectivity index (χ0v) is 17.3. The second kappa shape index (κ2) is 11.8. The standard InChI is InChI=1S/C19H24F2N4.HI/c1-3-22-19(24-11-9-16-6-4-5-10-23-16)25-13-14(2)15-7-8-17(20)18(21)12-15;/h4-8,10,12,14H,3,9,11,13H2,1-2H3,(H2,22,24,25);1H. The first kappa shape index (κ1) is 22.3. The molecule has 1 heterocycles. The van der Waals surface area contributed by atoms with Gasteiger partial charge in [-0.3, -0.25) is 9.98 Å². The van der Waals surface area contributed by atoms with E-state index in [0.29, 0.717) is 19.0 Å². The van der Waals surface area contributed by atoms with Crippen LogP contribution < -0.4 is 10.6 Å². The summed E-state index contributed by atoms with van der Waals surface area (Å²) < 4.78 is 26.4. The van der Waals surface area contributed by atoms with E-state index in [2.05, 4.69) is 20.6 Å². The molecular weight excluding hydrogens is 449 g/mol. The van der Waals surface area contributed by atoms with Crippen LogP contribution in [0.3, 0.4) is 0 Å². The Balaban J connectivity index is 0.00000338. The highest BCUT2D eigenvalue weighted by atomic mass is 127. The Morgan fingerprint density at radius 2 is 1.96 bits per heavy atom. The third kappa shape index (κ3) is 7.23. The summed E-state index contributed by atoms with van der Waals surface area (Å²) in [6.45, 7) is 5.86. The molecule has 2 aromatic rings. The quantitative estimate of drug-likeness (QED) is 0.364. The lowest BCUT2D eigenvalue weighted by atomic mass is 10.0. The summed E-state index contributed by atoms with van der Waals surface area (Å²) in [6.07, 6.45) is 2.57. The maximum Gasteiger partial charge on any atom is 0.191 e. The first-order valence-corrected chi connectivity index (χ1v) is 8.47. The van der Waals surface area contributed by atoms with Crippen molar-refractivity contribution in [3.63, 3.8) is 0 Å². The number of aromatic nitrogens is 1. The summed E-state index contributed by atoms with van der Waals surface area (Å²) in [5.41, 5.74) is 1.74. The van der Waals surface area contributed by atoms with Crippen molar-refractivity contribution in [2.75, 3.05) is 19.6 Å². The molecule has 2 rings (SSSR count). The highest BCUT2D eigenvalue weighted by Crippen LogP contribution is 2.18. The highest BCUT2D eigenvalue weighted by molar-refractivity contribution is 14.0. The van der Waals surface area contributed by atoms with E-state index in [4.69, 9.17) is 0 Å². The van der Waals surface area contributed by atoms with E-state index < -0.39 is 11.6 Å². The van der Waals surface area contributed by atoms with Crippen molar-refractivity contribution < 1.29 is 8.78 Å². The number of aliphatic imine (C=N–C) groups is 1. The highest BCUT2D eigenvalue weighted by Gasteiger charge is 2.09. The van der Waals surface area contributed by atoms with Crippen LogP contribution in [0.2, 0.25) is 0 Å². The molecule has 2 N–H and O–H groups in total. The molecule has 0 saturated heterocycles. The first-order valence-electron chi connectivity index (χ1n) is 8.47. The predicted molar refractivity (Wildman–Crippen MR) is 112 cm³/mol. The SMILES string of the molecule is CCNC(=NCC(C)c1ccc(F)c(F)c1)NCCc1ccccn1.I. The van der Waals surface area contributed by atoms with Crippen LogP contribution >= 0.6 is 24.0 Å². The number of nitrogens with zero attached hydrogens (tertiary/aromatic N) is 2. The number of pyridine rings is 1. The Kier molecular flexibility index (Phi) is 10.1. The van der Waals surface area contributed by atoms with Gasteiger partial charge in [-0.2, -0.15) is 0 Å². The van der Waals surface area contributed by atoms with Crippen molar-refractivity contribution in [1.82, 2.24) is 15.6 Å². The van der Waals surface area contributed by atoms with Crippen LogP contribution in [0.4, 0.5) is 8.78 Å². The second-order valence-corrected chi connectivity index (χ2v) is 5.79. The minimum absolute atomic E-state index is 0. The molecule has 1 atom stereocenters. The summed E-state index contributed by atoms with van der Waals surface area (Å²) >= 11 is 0. The Bertz CT molecular complexity index is 695. The first-order chi connectivity index (χ1) is 12.1. The van der Waals surface area contributed by atoms with E-state index in [1.807, 2.05) is 32.0 Å². The number of hydrogen-bond acceptors (Lipinski definition) is 2. The Morgan fingerprint density at radius 3 is 2.62 bits per heavy atom. The number of nitrogens with one attached hydrogen (secondary N) is 2. The van der Waals surface area contributed by atoms with Crippen molar-refractivity contribution in [2.24, 2.45) is 4.99 Å². The summed E-state index contributed by atoms with van der Waals surface area (Å²) in [6, 6.07) is 9.82. The zero-order valence-electron chi connectivity index (χ0n) is 15.0. The van der Waals surface area contributed by atoms with Gasteiger partial charge >= 0.3 is 0 Å². The fourth-order valence-electron chi connectivity index (χ4n) is 2.35. The summed E-state index contributed by atoms with van der Waals surface area (Å²) in [5, 5.41) is 6.44. The van der Waals surface area contributed by atoms with E-state index in [-0.39, 0.29) is 29.9 Å². The lowest BCUT2D eigenvalue weighted by Crippen LogP contribution is -2.38. The average molecular weight is 474 g/mol. The van der Waals surface area contributed by atoms with Crippen molar-refractivity contribution in [1.29, 1.82) is 0 Å². The van der Waals surface area contributed by atoms with Crippen molar-refractivity contribution in [2.45, 2.75) is 26.2 Å². The van der Waals surface area contributed by atoms with Crippen LogP contribution in [0.5, 0.6) is 0 Å². The monoisotopic (exact) mass is 474 g/mol. The number of hydrogen-bond donors (Lipinski definition) is 2. The van der Waals surface area contributed by atoms with Crippen LogP contribution in [-0.2, 0) is 6.42 Å². The summed E-state index contributed by atoms with van der Waals surface area (Å²) in [4.78, 5) is 8.82. The van der Waals surface area contributed by atoms with Gasteiger partial charge in [-0.15, -0.1) is 24.0 Å². The Hall–Kier alpha value is -1.77. The van der Waals surface area contributed by atoms with Gasteiger partial charge in [0.1, 0.15) is 0 Å². The molecular formula is C19H25F2IN4. The third-order valence-corrected chi connectivity index (χ3v) is 3.78. The second-order valence-electron chi connectivity index (χ2n) is 5.79. The molecule has 0 spiro atoms. The number of halogens is 3. The number of guanidine groups is 1. The fourth-order valence-corrected chi connectivity index (χ4v) is 2.35. The van der Waals surface area contributed by atoms with Gasteiger partial charge in [0.05, 0.1) is 0 Å². The molecule has 0 saturated carbocycles. The van der Waals surface area contributed by atoms with Gasteiger partial charge in [-0.05, 0) is 36.8 Å². The van der Waals surface area contributed by atoms with E-state index in [0.717, 1.165) is 30.3 Å². The van der Waals surface area contributed by atoms with Crippen LogP contribution in [0.15, 0.2) is 47.6 Å². The van der Waals surface area contributed by atoms with E-state index in [1.165, 1.54) is 6.07 Å². The normalized spacial score (nSPS) is 12.2. The average Bonchev–Trinajstić information content (AvgIpc) is 2.62. The van der Waals surface area contributed by atoms with Gasteiger partial charge in [0.2, 0.25) is 0 Å². The maximum atomic E-state index is 13.3. The largest absolute Gasteiger partial charge is 0.357 e. The van der Waals surface area contributed by atoms with E-state index in [9.17, 15) is 8.78 Å². The molecule has 0 bridgehead atoms. The lowest BCUT2D eigenvalue weighted by molar-refractivity contribution is 0.505. The van der Waals surface area contributed by atoms with Crippen molar-refractivity contribution >= 4 is 29.9 Å². The molecule has 0 radical (unpaired) electrons. The molecule has 0 aliphatic carbocycles. The third-order valence-electron chi connectivity index (χ3n) is 3.78. The number of benzene rings is 1. The number of rotatable bonds is 7. The molecule has 4 nitrogen and oxygen atoms in total. The molecule has 0 fully saturated rings. The summed E-state index contributed by atoms with van der Waals surface area (Å²) in [5.74, 6) is -0.966. The topological polar surface area (TPSA) is 49.3 Å². The molecule has 1 aromatic heterocycles. The smallest absolute Gasteiger partial charge is 0.191 e. The zero-order chi connectivity index (χ0) is 18.1. The maximum absolute atomic E-state index is 13.3. The predicted octanol–water partition coefficient (Wildman–Crippen LogP) is 3.88.